The number of carbonyl (C=O) groups excluding carboxylic acids is 1. The van der Waals surface area contributed by atoms with E-state index in [-0.39, 0.29) is 5.91 Å². The zero-order valence-electron chi connectivity index (χ0n) is 10.9. The van der Waals surface area contributed by atoms with Crippen LogP contribution in [0, 0.1) is 13.8 Å². The Labute approximate surface area is 111 Å². The van der Waals surface area contributed by atoms with E-state index in [1.54, 1.807) is 18.7 Å². The van der Waals surface area contributed by atoms with Crippen LogP contribution in [0.4, 0.5) is 11.4 Å². The Kier molecular flexibility index (Phi) is 2.55. The Morgan fingerprint density at radius 2 is 2.21 bits per heavy atom. The Balaban J connectivity index is 2.02. The van der Waals surface area contributed by atoms with E-state index < -0.39 is 0 Å². The van der Waals surface area contributed by atoms with E-state index in [4.69, 9.17) is 10.2 Å². The molecule has 2 heterocycles. The van der Waals surface area contributed by atoms with Crippen molar-refractivity contribution in [3.8, 4) is 0 Å². The average molecular weight is 257 g/mol. The first kappa shape index (κ1) is 11.8. The fourth-order valence-electron chi connectivity index (χ4n) is 2.54. The molecule has 0 aliphatic carbocycles. The molecule has 19 heavy (non-hydrogen) atoms. The molecular formula is C14H15N3O2. The summed E-state index contributed by atoms with van der Waals surface area (Å²) in [6.07, 6.45) is 0.818. The van der Waals surface area contributed by atoms with Crippen molar-refractivity contribution in [3.63, 3.8) is 0 Å². The van der Waals surface area contributed by atoms with Crippen LogP contribution in [-0.4, -0.2) is 17.4 Å². The van der Waals surface area contributed by atoms with Gasteiger partial charge in [0.05, 0.1) is 17.1 Å². The first-order valence-corrected chi connectivity index (χ1v) is 6.21. The normalized spacial score (nSPS) is 13.7. The number of nitrogen functional groups attached to an aromatic ring is 1. The number of nitrogens with zero attached hydrogens (tertiary/aromatic N) is 2. The Morgan fingerprint density at radius 3 is 2.89 bits per heavy atom. The number of rotatable bonds is 1. The van der Waals surface area contributed by atoms with E-state index >= 15 is 0 Å². The minimum absolute atomic E-state index is 0.172. The van der Waals surface area contributed by atoms with Gasteiger partial charge in [0.25, 0.3) is 5.91 Å². The topological polar surface area (TPSA) is 72.4 Å². The van der Waals surface area contributed by atoms with Crippen LogP contribution in [0.1, 0.15) is 27.7 Å². The monoisotopic (exact) mass is 257 g/mol. The summed E-state index contributed by atoms with van der Waals surface area (Å²) in [5, 5.41) is 0. The second-order valence-electron chi connectivity index (χ2n) is 4.71. The van der Waals surface area contributed by atoms with Crippen LogP contribution < -0.4 is 10.6 Å². The van der Waals surface area contributed by atoms with E-state index in [1.165, 1.54) is 0 Å². The van der Waals surface area contributed by atoms with Crippen molar-refractivity contribution >= 4 is 17.3 Å². The van der Waals surface area contributed by atoms with Crippen molar-refractivity contribution in [2.24, 2.45) is 0 Å². The number of benzene rings is 1. The number of hydrogen-bond acceptors (Lipinski definition) is 4. The molecule has 0 unspecified atom stereocenters. The van der Waals surface area contributed by atoms with Gasteiger partial charge in [-0.05, 0) is 25.0 Å². The molecule has 1 aromatic heterocycles. The maximum absolute atomic E-state index is 12.5. The number of nitrogens with two attached hydrogens (primary N) is 1. The van der Waals surface area contributed by atoms with E-state index in [0.717, 1.165) is 17.7 Å². The van der Waals surface area contributed by atoms with Gasteiger partial charge in [-0.3, -0.25) is 4.79 Å². The lowest BCUT2D eigenvalue weighted by Crippen LogP contribution is -2.29. The molecule has 0 atom stereocenters. The van der Waals surface area contributed by atoms with E-state index in [9.17, 15) is 4.79 Å². The smallest absolute Gasteiger partial charge is 0.296 e. The summed E-state index contributed by atoms with van der Waals surface area (Å²) in [7, 11) is 0. The molecule has 0 saturated carbocycles. The maximum atomic E-state index is 12.5. The van der Waals surface area contributed by atoms with Gasteiger partial charge in [0.2, 0.25) is 5.76 Å². The molecule has 0 fully saturated rings. The highest BCUT2D eigenvalue weighted by Crippen LogP contribution is 2.34. The Bertz CT molecular complexity index is 661. The summed E-state index contributed by atoms with van der Waals surface area (Å²) < 4.78 is 5.40. The van der Waals surface area contributed by atoms with Gasteiger partial charge in [-0.2, -0.15) is 0 Å². The SMILES string of the molecule is Cc1nc(C)c(C(=O)N2CCc3cccc(N)c32)o1. The number of anilines is 2. The molecule has 0 bridgehead atoms. The van der Waals surface area contributed by atoms with Gasteiger partial charge in [-0.25, -0.2) is 4.98 Å². The van der Waals surface area contributed by atoms with Crippen LogP contribution in [-0.2, 0) is 6.42 Å². The van der Waals surface area contributed by atoms with Crippen LogP contribution in [0.2, 0.25) is 0 Å². The lowest BCUT2D eigenvalue weighted by molar-refractivity contribution is 0.0960. The minimum atomic E-state index is -0.172. The molecule has 0 spiro atoms. The van der Waals surface area contributed by atoms with Crippen LogP contribution in [0.3, 0.4) is 0 Å². The quantitative estimate of drug-likeness (QED) is 0.794. The summed E-state index contributed by atoms with van der Waals surface area (Å²) in [6, 6.07) is 5.71. The predicted molar refractivity (Wildman–Crippen MR) is 72.2 cm³/mol. The minimum Gasteiger partial charge on any atom is -0.436 e. The van der Waals surface area contributed by atoms with E-state index in [2.05, 4.69) is 4.98 Å². The number of hydrogen-bond donors (Lipinski definition) is 1. The molecule has 5 heteroatoms. The second kappa shape index (κ2) is 4.12. The third kappa shape index (κ3) is 1.78. The number of carbonyl (C=O) groups is 1. The molecule has 2 N–H and O–H groups in total. The van der Waals surface area contributed by atoms with Gasteiger partial charge in [-0.1, -0.05) is 12.1 Å². The molecule has 0 saturated heterocycles. The zero-order valence-corrected chi connectivity index (χ0v) is 10.9. The second-order valence-corrected chi connectivity index (χ2v) is 4.71. The van der Waals surface area contributed by atoms with Gasteiger partial charge in [-0.15, -0.1) is 0 Å². The van der Waals surface area contributed by atoms with Gasteiger partial charge >= 0.3 is 0 Å². The largest absolute Gasteiger partial charge is 0.436 e. The number of aryl methyl sites for hydroxylation is 2. The summed E-state index contributed by atoms with van der Waals surface area (Å²) in [6.45, 7) is 4.13. The van der Waals surface area contributed by atoms with Crippen molar-refractivity contribution in [3.05, 3.63) is 41.1 Å². The third-order valence-corrected chi connectivity index (χ3v) is 3.37. The third-order valence-electron chi connectivity index (χ3n) is 3.37. The molecular weight excluding hydrogens is 242 g/mol. The highest BCUT2D eigenvalue weighted by atomic mass is 16.4. The summed E-state index contributed by atoms with van der Waals surface area (Å²) in [5.74, 6) is 0.629. The molecule has 5 nitrogen and oxygen atoms in total. The predicted octanol–water partition coefficient (Wildman–Crippen LogP) is 2.08. The number of fused-ring (bicyclic) bond motifs is 1. The van der Waals surface area contributed by atoms with Crippen molar-refractivity contribution in [1.82, 2.24) is 4.98 Å². The molecule has 1 aromatic carbocycles. The van der Waals surface area contributed by atoms with Crippen molar-refractivity contribution < 1.29 is 9.21 Å². The fraction of sp³-hybridized carbons (Fsp3) is 0.286. The highest BCUT2D eigenvalue weighted by molar-refractivity contribution is 6.07. The van der Waals surface area contributed by atoms with Gasteiger partial charge in [0.15, 0.2) is 5.89 Å². The number of para-hydroxylation sites is 1. The van der Waals surface area contributed by atoms with E-state index in [1.807, 2.05) is 18.2 Å². The Morgan fingerprint density at radius 1 is 1.42 bits per heavy atom. The summed E-state index contributed by atoms with van der Waals surface area (Å²) in [4.78, 5) is 18.3. The van der Waals surface area contributed by atoms with Gasteiger partial charge in [0.1, 0.15) is 0 Å². The number of aromatic nitrogens is 1. The van der Waals surface area contributed by atoms with Crippen molar-refractivity contribution in [1.29, 1.82) is 0 Å². The highest BCUT2D eigenvalue weighted by Gasteiger charge is 2.30. The van der Waals surface area contributed by atoms with Crippen LogP contribution >= 0.6 is 0 Å². The zero-order chi connectivity index (χ0) is 13.6. The van der Waals surface area contributed by atoms with Crippen LogP contribution in [0.15, 0.2) is 22.6 Å². The standard InChI is InChI=1S/C14H15N3O2/c1-8-13(19-9(2)16-8)14(18)17-7-6-10-4-3-5-11(15)12(10)17/h3-5H,6-7,15H2,1-2H3. The van der Waals surface area contributed by atoms with Crippen LogP contribution in [0.5, 0.6) is 0 Å². The van der Waals surface area contributed by atoms with Crippen LogP contribution in [0.25, 0.3) is 0 Å². The summed E-state index contributed by atoms with van der Waals surface area (Å²) >= 11 is 0. The van der Waals surface area contributed by atoms with Crippen molar-refractivity contribution in [2.75, 3.05) is 17.2 Å². The fourth-order valence-corrected chi connectivity index (χ4v) is 2.54. The van der Waals surface area contributed by atoms with Crippen molar-refractivity contribution in [2.45, 2.75) is 20.3 Å². The van der Waals surface area contributed by atoms with E-state index in [0.29, 0.717) is 29.6 Å². The molecule has 1 amide bonds. The molecule has 98 valence electrons. The number of oxazole rings is 1. The Hall–Kier alpha value is -2.30. The lowest BCUT2D eigenvalue weighted by Gasteiger charge is -2.17. The average Bonchev–Trinajstić information content (AvgIpc) is 2.93. The lowest BCUT2D eigenvalue weighted by atomic mass is 10.1. The molecule has 1 aliphatic heterocycles. The molecule has 2 aromatic rings. The molecule has 3 rings (SSSR count). The molecule has 1 aliphatic rings. The van der Waals surface area contributed by atoms with Gasteiger partial charge < -0.3 is 15.1 Å². The molecule has 0 radical (unpaired) electrons. The van der Waals surface area contributed by atoms with Gasteiger partial charge in [0, 0.05) is 13.5 Å². The first-order valence-electron chi connectivity index (χ1n) is 6.21. The maximum Gasteiger partial charge on any atom is 0.296 e. The summed E-state index contributed by atoms with van der Waals surface area (Å²) in [5.41, 5.74) is 9.13. The first-order chi connectivity index (χ1) is 9.08. The number of amides is 1.